The van der Waals surface area contributed by atoms with E-state index in [2.05, 4.69) is 5.32 Å². The summed E-state index contributed by atoms with van der Waals surface area (Å²) in [5.41, 5.74) is 3.53. The molecule has 2 amide bonds. The van der Waals surface area contributed by atoms with E-state index in [1.165, 1.54) is 17.0 Å². The number of anilines is 1. The lowest BCUT2D eigenvalue weighted by atomic mass is 9.94. The van der Waals surface area contributed by atoms with Gasteiger partial charge in [-0.1, -0.05) is 79.4 Å². The summed E-state index contributed by atoms with van der Waals surface area (Å²) in [4.78, 5) is 29.8. The van der Waals surface area contributed by atoms with Crippen LogP contribution < -0.4 is 14.4 Å². The van der Waals surface area contributed by atoms with Crippen molar-refractivity contribution in [1.82, 2.24) is 10.2 Å². The standard InChI is InChI=1S/C36H47N3O5S/c1-4-44-33-23-21-32(22-24-33)39(45(3,42)43)25-11-16-35(40)38(27-30-19-17-28(2)18-20-30)34(26-29-12-7-5-8-13-29)36(41)37-31-14-9-6-10-15-31/h5,7-8,12-13,17-24,31,34H,4,6,9-11,14-16,25-27H2,1-3H3,(H,37,41)/t34-/m0/s1. The molecule has 242 valence electrons. The summed E-state index contributed by atoms with van der Waals surface area (Å²) in [5, 5.41) is 3.27. The second-order valence-electron chi connectivity index (χ2n) is 11.9. The molecule has 1 saturated carbocycles. The molecule has 0 radical (unpaired) electrons. The van der Waals surface area contributed by atoms with E-state index >= 15 is 0 Å². The molecule has 3 aromatic carbocycles. The quantitative estimate of drug-likeness (QED) is 0.221. The van der Waals surface area contributed by atoms with E-state index in [4.69, 9.17) is 4.74 Å². The van der Waals surface area contributed by atoms with Crippen LogP contribution in [0, 0.1) is 6.92 Å². The Morgan fingerprint density at radius 1 is 0.911 bits per heavy atom. The zero-order valence-electron chi connectivity index (χ0n) is 26.8. The maximum Gasteiger partial charge on any atom is 0.243 e. The average molecular weight is 634 g/mol. The molecular formula is C36H47N3O5S. The first-order valence-corrected chi connectivity index (χ1v) is 17.9. The Labute approximate surface area is 268 Å². The molecule has 0 unspecified atom stereocenters. The predicted octanol–water partition coefficient (Wildman–Crippen LogP) is 6.03. The summed E-state index contributed by atoms with van der Waals surface area (Å²) in [6, 6.07) is 24.1. The van der Waals surface area contributed by atoms with Crippen LogP contribution in [0.2, 0.25) is 0 Å². The van der Waals surface area contributed by atoms with Gasteiger partial charge in [0.2, 0.25) is 21.8 Å². The van der Waals surface area contributed by atoms with Crippen LogP contribution in [0.3, 0.4) is 0 Å². The lowest BCUT2D eigenvalue weighted by Gasteiger charge is -2.34. The van der Waals surface area contributed by atoms with Crippen LogP contribution in [-0.4, -0.2) is 56.6 Å². The summed E-state index contributed by atoms with van der Waals surface area (Å²) < 4.78 is 32.3. The minimum Gasteiger partial charge on any atom is -0.494 e. The molecule has 1 atom stereocenters. The molecule has 0 saturated heterocycles. The van der Waals surface area contributed by atoms with Crippen molar-refractivity contribution in [2.24, 2.45) is 0 Å². The van der Waals surface area contributed by atoms with Gasteiger partial charge in [-0.15, -0.1) is 0 Å². The molecule has 8 nitrogen and oxygen atoms in total. The first-order valence-electron chi connectivity index (χ1n) is 16.0. The third-order valence-corrected chi connectivity index (χ3v) is 9.48. The first-order chi connectivity index (χ1) is 21.6. The van der Waals surface area contributed by atoms with Gasteiger partial charge in [-0.3, -0.25) is 13.9 Å². The van der Waals surface area contributed by atoms with Gasteiger partial charge in [-0.2, -0.15) is 0 Å². The fourth-order valence-electron chi connectivity index (χ4n) is 5.87. The zero-order valence-corrected chi connectivity index (χ0v) is 27.6. The molecular weight excluding hydrogens is 586 g/mol. The number of aryl methyl sites for hydroxylation is 1. The van der Waals surface area contributed by atoms with Gasteiger partial charge in [-0.05, 0) is 68.5 Å². The first kappa shape index (κ1) is 34.0. The molecule has 0 spiro atoms. The minimum absolute atomic E-state index is 0.0942. The van der Waals surface area contributed by atoms with Crippen LogP contribution in [0.1, 0.15) is 68.6 Å². The van der Waals surface area contributed by atoms with Gasteiger partial charge in [0, 0.05) is 32.0 Å². The number of carbonyl (C=O) groups excluding carboxylic acids is 2. The lowest BCUT2D eigenvalue weighted by Crippen LogP contribution is -2.52. The van der Waals surface area contributed by atoms with E-state index in [1.54, 1.807) is 29.2 Å². The Morgan fingerprint density at radius 2 is 1.58 bits per heavy atom. The summed E-state index contributed by atoms with van der Waals surface area (Å²) in [5.74, 6) is 0.335. The fourth-order valence-corrected chi connectivity index (χ4v) is 6.83. The van der Waals surface area contributed by atoms with Gasteiger partial charge in [0.1, 0.15) is 11.8 Å². The molecule has 0 bridgehead atoms. The molecule has 0 aromatic heterocycles. The molecule has 4 rings (SSSR count). The summed E-state index contributed by atoms with van der Waals surface area (Å²) in [6.07, 6.45) is 7.20. The second-order valence-corrected chi connectivity index (χ2v) is 13.8. The normalized spacial score (nSPS) is 14.4. The van der Waals surface area contributed by atoms with Crippen LogP contribution in [0.15, 0.2) is 78.9 Å². The minimum atomic E-state index is -3.60. The maximum absolute atomic E-state index is 14.1. The number of rotatable bonds is 15. The fraction of sp³-hybridized carbons (Fsp3) is 0.444. The van der Waals surface area contributed by atoms with Crippen molar-refractivity contribution in [3.05, 3.63) is 95.6 Å². The van der Waals surface area contributed by atoms with E-state index in [0.717, 1.165) is 42.4 Å². The Kier molecular flexibility index (Phi) is 12.4. The predicted molar refractivity (Wildman–Crippen MR) is 180 cm³/mol. The van der Waals surface area contributed by atoms with E-state index < -0.39 is 16.1 Å². The average Bonchev–Trinajstić information content (AvgIpc) is 3.03. The van der Waals surface area contributed by atoms with Crippen LogP contribution >= 0.6 is 0 Å². The smallest absolute Gasteiger partial charge is 0.243 e. The molecule has 0 heterocycles. The van der Waals surface area contributed by atoms with Gasteiger partial charge in [-0.25, -0.2) is 8.42 Å². The van der Waals surface area contributed by atoms with Crippen molar-refractivity contribution in [3.63, 3.8) is 0 Å². The summed E-state index contributed by atoms with van der Waals surface area (Å²) in [6.45, 7) is 4.83. The summed E-state index contributed by atoms with van der Waals surface area (Å²) >= 11 is 0. The van der Waals surface area contributed by atoms with E-state index in [1.807, 2.05) is 68.4 Å². The number of nitrogens with zero attached hydrogens (tertiary/aromatic N) is 2. The van der Waals surface area contributed by atoms with Gasteiger partial charge < -0.3 is 15.0 Å². The van der Waals surface area contributed by atoms with Crippen molar-refractivity contribution in [3.8, 4) is 5.75 Å². The van der Waals surface area contributed by atoms with Crippen LogP contribution in [-0.2, 0) is 32.6 Å². The number of nitrogens with one attached hydrogen (secondary N) is 1. The van der Waals surface area contributed by atoms with E-state index in [-0.39, 0.29) is 37.4 Å². The highest BCUT2D eigenvalue weighted by Crippen LogP contribution is 2.24. The van der Waals surface area contributed by atoms with Gasteiger partial charge >= 0.3 is 0 Å². The molecule has 45 heavy (non-hydrogen) atoms. The number of benzene rings is 3. The number of sulfonamides is 1. The van der Waals surface area contributed by atoms with Crippen molar-refractivity contribution in [1.29, 1.82) is 0 Å². The maximum atomic E-state index is 14.1. The second kappa shape index (κ2) is 16.5. The van der Waals surface area contributed by atoms with E-state index in [0.29, 0.717) is 30.9 Å². The van der Waals surface area contributed by atoms with Crippen molar-refractivity contribution in [2.75, 3.05) is 23.7 Å². The molecule has 1 N–H and O–H groups in total. The highest BCUT2D eigenvalue weighted by atomic mass is 32.2. The SMILES string of the molecule is CCOc1ccc(N(CCCC(=O)N(Cc2ccc(C)cc2)[C@@H](Cc2ccccc2)C(=O)NC2CCCCC2)S(C)(=O)=O)cc1. The number of hydrogen-bond acceptors (Lipinski definition) is 5. The van der Waals surface area contributed by atoms with Crippen molar-refractivity contribution in [2.45, 2.75) is 83.8 Å². The topological polar surface area (TPSA) is 96.0 Å². The zero-order chi connectivity index (χ0) is 32.2. The Balaban J connectivity index is 1.56. The largest absolute Gasteiger partial charge is 0.494 e. The third kappa shape index (κ3) is 10.3. The highest BCUT2D eigenvalue weighted by Gasteiger charge is 2.32. The van der Waals surface area contributed by atoms with Gasteiger partial charge in [0.15, 0.2) is 0 Å². The van der Waals surface area contributed by atoms with Crippen molar-refractivity contribution >= 4 is 27.5 Å². The monoisotopic (exact) mass is 633 g/mol. The number of hydrogen-bond donors (Lipinski definition) is 1. The van der Waals surface area contributed by atoms with Crippen LogP contribution in [0.5, 0.6) is 5.75 Å². The number of carbonyl (C=O) groups is 2. The Bertz CT molecular complexity index is 1470. The molecule has 0 aliphatic heterocycles. The highest BCUT2D eigenvalue weighted by molar-refractivity contribution is 7.92. The molecule has 1 aliphatic rings. The molecule has 1 fully saturated rings. The third-order valence-electron chi connectivity index (χ3n) is 8.28. The summed E-state index contributed by atoms with van der Waals surface area (Å²) in [7, 11) is -3.60. The van der Waals surface area contributed by atoms with Crippen LogP contribution in [0.25, 0.3) is 0 Å². The van der Waals surface area contributed by atoms with Gasteiger partial charge in [0.05, 0.1) is 18.6 Å². The molecule has 3 aromatic rings. The van der Waals surface area contributed by atoms with Crippen LogP contribution in [0.4, 0.5) is 5.69 Å². The Morgan fingerprint density at radius 3 is 2.20 bits per heavy atom. The van der Waals surface area contributed by atoms with E-state index in [9.17, 15) is 18.0 Å². The van der Waals surface area contributed by atoms with Crippen molar-refractivity contribution < 1.29 is 22.7 Å². The Hall–Kier alpha value is -3.85. The molecule has 1 aliphatic carbocycles. The number of amides is 2. The lowest BCUT2D eigenvalue weighted by molar-refractivity contribution is -0.141. The molecule has 9 heteroatoms. The van der Waals surface area contributed by atoms with Gasteiger partial charge in [0.25, 0.3) is 0 Å². The number of ether oxygens (including phenoxy) is 1.